The number of aliphatic carboxylic acids is 1. The maximum atomic E-state index is 12.0. The van der Waals surface area contributed by atoms with Gasteiger partial charge in [-0.2, -0.15) is 0 Å². The minimum atomic E-state index is -3.50. The zero-order chi connectivity index (χ0) is 15.6. The summed E-state index contributed by atoms with van der Waals surface area (Å²) in [4.78, 5) is 23.0. The number of hydrogen-bond donors (Lipinski definition) is 3. The van der Waals surface area contributed by atoms with Crippen molar-refractivity contribution in [3.05, 3.63) is 0 Å². The molecule has 1 fully saturated rings. The Labute approximate surface area is 119 Å². The van der Waals surface area contributed by atoms with Gasteiger partial charge in [-0.3, -0.25) is 9.59 Å². The molecule has 7 nitrogen and oxygen atoms in total. The third-order valence-corrected chi connectivity index (χ3v) is 4.00. The van der Waals surface area contributed by atoms with Crippen LogP contribution in [0, 0.1) is 11.3 Å². The van der Waals surface area contributed by atoms with Gasteiger partial charge in [0.2, 0.25) is 15.9 Å². The first kappa shape index (κ1) is 16.9. The average molecular weight is 306 g/mol. The molecule has 0 aromatic carbocycles. The van der Waals surface area contributed by atoms with Crippen molar-refractivity contribution in [2.24, 2.45) is 11.3 Å². The highest BCUT2D eigenvalue weighted by Crippen LogP contribution is 2.45. The fraction of sp³-hybridized carbons (Fsp3) is 0.833. The van der Waals surface area contributed by atoms with E-state index < -0.39 is 33.4 Å². The summed E-state index contributed by atoms with van der Waals surface area (Å²) in [5, 5.41) is 11.6. The molecule has 0 spiro atoms. The molecule has 3 N–H and O–H groups in total. The maximum absolute atomic E-state index is 12.0. The minimum absolute atomic E-state index is 0.0429. The molecule has 1 atom stereocenters. The van der Waals surface area contributed by atoms with Crippen LogP contribution in [0.3, 0.4) is 0 Å². The lowest BCUT2D eigenvalue weighted by Crippen LogP contribution is -2.48. The molecular formula is C12H22N2O5S. The molecule has 20 heavy (non-hydrogen) atoms. The first-order valence-corrected chi connectivity index (χ1v) is 8.43. The van der Waals surface area contributed by atoms with Gasteiger partial charge in [-0.25, -0.2) is 13.1 Å². The van der Waals surface area contributed by atoms with Crippen LogP contribution in [0.15, 0.2) is 0 Å². The second-order valence-corrected chi connectivity index (χ2v) is 7.66. The fourth-order valence-corrected chi connectivity index (χ4v) is 2.66. The number of carbonyl (C=O) groups is 2. The summed E-state index contributed by atoms with van der Waals surface area (Å²) in [7, 11) is -3.50. The van der Waals surface area contributed by atoms with Gasteiger partial charge in [0.1, 0.15) is 6.04 Å². The van der Waals surface area contributed by atoms with Gasteiger partial charge < -0.3 is 10.4 Å². The van der Waals surface area contributed by atoms with E-state index in [0.29, 0.717) is 19.3 Å². The Morgan fingerprint density at radius 3 is 2.20 bits per heavy atom. The monoisotopic (exact) mass is 306 g/mol. The minimum Gasteiger partial charge on any atom is -0.481 e. The standard InChI is InChI=1S/C12H22N2O5S/c1-8(2)6-9(14-20(3,18)19)10(15)13-7-12(4-5-12)11(16)17/h8-9,14H,4-7H2,1-3H3,(H,13,15)(H,16,17). The lowest BCUT2D eigenvalue weighted by Gasteiger charge is -2.20. The Hall–Kier alpha value is -1.15. The van der Waals surface area contributed by atoms with Crippen LogP contribution in [0.1, 0.15) is 33.1 Å². The quantitative estimate of drug-likeness (QED) is 0.581. The molecule has 1 amide bonds. The van der Waals surface area contributed by atoms with Gasteiger partial charge in [0.15, 0.2) is 0 Å². The van der Waals surface area contributed by atoms with E-state index in [-0.39, 0.29) is 12.5 Å². The van der Waals surface area contributed by atoms with E-state index >= 15 is 0 Å². The molecule has 0 aromatic heterocycles. The molecule has 1 aliphatic rings. The van der Waals surface area contributed by atoms with Gasteiger partial charge >= 0.3 is 5.97 Å². The molecule has 1 saturated carbocycles. The summed E-state index contributed by atoms with van der Waals surface area (Å²) in [6.07, 6.45) is 2.43. The van der Waals surface area contributed by atoms with Crippen LogP contribution in [0.5, 0.6) is 0 Å². The highest BCUT2D eigenvalue weighted by Gasteiger charge is 2.50. The van der Waals surface area contributed by atoms with Gasteiger partial charge in [0, 0.05) is 6.54 Å². The smallest absolute Gasteiger partial charge is 0.311 e. The van der Waals surface area contributed by atoms with Crippen LogP contribution in [-0.2, 0) is 19.6 Å². The number of sulfonamides is 1. The van der Waals surface area contributed by atoms with Gasteiger partial charge in [-0.1, -0.05) is 13.8 Å². The van der Waals surface area contributed by atoms with Crippen molar-refractivity contribution in [2.45, 2.75) is 39.2 Å². The Morgan fingerprint density at radius 1 is 1.30 bits per heavy atom. The maximum Gasteiger partial charge on any atom is 0.311 e. The normalized spacial score (nSPS) is 18.6. The number of carbonyl (C=O) groups excluding carboxylic acids is 1. The SMILES string of the molecule is CC(C)CC(NS(C)(=O)=O)C(=O)NCC1(C(=O)O)CC1. The van der Waals surface area contributed by atoms with Crippen molar-refractivity contribution in [1.29, 1.82) is 0 Å². The third kappa shape index (κ3) is 5.09. The van der Waals surface area contributed by atoms with Crippen LogP contribution < -0.4 is 10.0 Å². The van der Waals surface area contributed by atoms with Crippen molar-refractivity contribution in [3.63, 3.8) is 0 Å². The summed E-state index contributed by atoms with van der Waals surface area (Å²) >= 11 is 0. The van der Waals surface area contributed by atoms with Crippen molar-refractivity contribution in [2.75, 3.05) is 12.8 Å². The van der Waals surface area contributed by atoms with E-state index in [1.165, 1.54) is 0 Å². The topological polar surface area (TPSA) is 113 Å². The number of hydrogen-bond acceptors (Lipinski definition) is 4. The summed E-state index contributed by atoms with van der Waals surface area (Å²) in [5.74, 6) is -1.26. The van der Waals surface area contributed by atoms with Crippen molar-refractivity contribution in [1.82, 2.24) is 10.0 Å². The molecule has 0 bridgehead atoms. The van der Waals surface area contributed by atoms with Crippen LogP contribution in [0.4, 0.5) is 0 Å². The van der Waals surface area contributed by atoms with Crippen molar-refractivity contribution in [3.8, 4) is 0 Å². The third-order valence-electron chi connectivity index (χ3n) is 3.29. The number of nitrogens with one attached hydrogen (secondary N) is 2. The molecule has 1 rings (SSSR count). The van der Waals surface area contributed by atoms with E-state index in [1.54, 1.807) is 0 Å². The van der Waals surface area contributed by atoms with Crippen molar-refractivity contribution >= 4 is 21.9 Å². The first-order valence-electron chi connectivity index (χ1n) is 6.54. The lowest BCUT2D eigenvalue weighted by molar-refractivity contribution is -0.143. The van der Waals surface area contributed by atoms with Crippen molar-refractivity contribution < 1.29 is 23.1 Å². The van der Waals surface area contributed by atoms with Crippen LogP contribution in [0.2, 0.25) is 0 Å². The Morgan fingerprint density at radius 2 is 1.85 bits per heavy atom. The van der Waals surface area contributed by atoms with Gasteiger partial charge in [0.25, 0.3) is 0 Å². The second kappa shape index (κ2) is 6.09. The molecule has 8 heteroatoms. The summed E-state index contributed by atoms with van der Waals surface area (Å²) in [6, 6.07) is -0.866. The molecule has 116 valence electrons. The predicted octanol–water partition coefficient (Wildman–Crippen LogP) is -0.0687. The molecule has 0 heterocycles. The lowest BCUT2D eigenvalue weighted by atomic mass is 10.0. The molecular weight excluding hydrogens is 284 g/mol. The number of carboxylic acid groups (broad SMARTS) is 1. The average Bonchev–Trinajstić information content (AvgIpc) is 3.03. The van der Waals surface area contributed by atoms with Crippen LogP contribution >= 0.6 is 0 Å². The second-order valence-electron chi connectivity index (χ2n) is 5.88. The molecule has 0 saturated heterocycles. The van der Waals surface area contributed by atoms with Gasteiger partial charge in [0.05, 0.1) is 11.7 Å². The molecule has 1 aliphatic carbocycles. The van der Waals surface area contributed by atoms with E-state index in [0.717, 1.165) is 6.26 Å². The Kier molecular flexibility index (Phi) is 5.15. The van der Waals surface area contributed by atoms with E-state index in [9.17, 15) is 18.0 Å². The fourth-order valence-electron chi connectivity index (χ4n) is 1.94. The summed E-state index contributed by atoms with van der Waals surface area (Å²) in [6.45, 7) is 3.80. The van der Waals surface area contributed by atoms with Gasteiger partial charge in [-0.05, 0) is 25.2 Å². The first-order chi connectivity index (χ1) is 9.06. The van der Waals surface area contributed by atoms with Crippen LogP contribution in [-0.4, -0.2) is 44.2 Å². The number of carboxylic acids is 1. The summed E-state index contributed by atoms with van der Waals surface area (Å²) in [5.41, 5.74) is -0.858. The molecule has 0 radical (unpaired) electrons. The van der Waals surface area contributed by atoms with Crippen LogP contribution in [0.25, 0.3) is 0 Å². The predicted molar refractivity (Wildman–Crippen MR) is 73.5 cm³/mol. The molecule has 0 aliphatic heterocycles. The van der Waals surface area contributed by atoms with E-state index in [2.05, 4.69) is 10.0 Å². The zero-order valence-electron chi connectivity index (χ0n) is 12.0. The summed E-state index contributed by atoms with van der Waals surface area (Å²) < 4.78 is 24.8. The van der Waals surface area contributed by atoms with E-state index in [1.807, 2.05) is 13.8 Å². The largest absolute Gasteiger partial charge is 0.481 e. The molecule has 1 unspecified atom stereocenters. The highest BCUT2D eigenvalue weighted by molar-refractivity contribution is 7.88. The van der Waals surface area contributed by atoms with Gasteiger partial charge in [-0.15, -0.1) is 0 Å². The Bertz CT molecular complexity index is 482. The van der Waals surface area contributed by atoms with E-state index in [4.69, 9.17) is 5.11 Å². The zero-order valence-corrected chi connectivity index (χ0v) is 12.8. The number of amides is 1. The Balaban J connectivity index is 2.61. The molecule has 0 aromatic rings. The highest BCUT2D eigenvalue weighted by atomic mass is 32.2. The number of rotatable bonds is 8.